The fraction of sp³-hybridized carbons (Fsp3) is 0.583. The van der Waals surface area contributed by atoms with E-state index in [1.165, 1.54) is 32.1 Å². The number of carbonyl (C=O) groups is 2. The van der Waals surface area contributed by atoms with Gasteiger partial charge >= 0.3 is 6.03 Å². The van der Waals surface area contributed by atoms with Crippen LogP contribution >= 0.6 is 0 Å². The largest absolute Gasteiger partial charge is 0.494 e. The summed E-state index contributed by atoms with van der Waals surface area (Å²) in [5.74, 6) is 1.57. The summed E-state index contributed by atoms with van der Waals surface area (Å²) >= 11 is 0. The standard InChI is InChI=1S/C24H33N3O3/c28-23(25-14-16-27(17-15-25)24(29)26-12-4-5-13-26)21-9-6-10-22(19-21)30-18-11-20-7-2-1-3-8-20/h4,6,9-10,12,19-20H,1-3,5,7-8,11,13-18H2. The number of piperazine rings is 1. The number of rotatable bonds is 5. The van der Waals surface area contributed by atoms with Gasteiger partial charge in [-0.1, -0.05) is 44.2 Å². The van der Waals surface area contributed by atoms with E-state index in [1.807, 2.05) is 46.3 Å². The molecule has 2 heterocycles. The molecule has 3 aliphatic rings. The Morgan fingerprint density at radius 2 is 1.73 bits per heavy atom. The lowest BCUT2D eigenvalue weighted by Gasteiger charge is -2.36. The van der Waals surface area contributed by atoms with Crippen LogP contribution in [0.4, 0.5) is 4.79 Å². The van der Waals surface area contributed by atoms with Gasteiger partial charge in [-0.25, -0.2) is 4.79 Å². The lowest BCUT2D eigenvalue weighted by molar-refractivity contribution is 0.0650. The highest BCUT2D eigenvalue weighted by atomic mass is 16.5. The number of ether oxygens (including phenoxy) is 1. The molecule has 1 saturated carbocycles. The van der Waals surface area contributed by atoms with Crippen molar-refractivity contribution in [3.05, 3.63) is 42.1 Å². The summed E-state index contributed by atoms with van der Waals surface area (Å²) < 4.78 is 5.96. The zero-order chi connectivity index (χ0) is 20.8. The van der Waals surface area contributed by atoms with Crippen molar-refractivity contribution in [2.24, 2.45) is 5.92 Å². The van der Waals surface area contributed by atoms with E-state index in [2.05, 4.69) is 0 Å². The van der Waals surface area contributed by atoms with E-state index in [0.29, 0.717) is 38.3 Å². The van der Waals surface area contributed by atoms with Gasteiger partial charge < -0.3 is 19.4 Å². The number of carbonyl (C=O) groups excluding carboxylic acids is 2. The molecule has 3 amide bonds. The second-order valence-electron chi connectivity index (χ2n) is 8.60. The summed E-state index contributed by atoms with van der Waals surface area (Å²) in [6.07, 6.45) is 12.6. The summed E-state index contributed by atoms with van der Waals surface area (Å²) in [4.78, 5) is 30.9. The molecule has 0 spiro atoms. The van der Waals surface area contributed by atoms with E-state index in [4.69, 9.17) is 4.74 Å². The first-order valence-corrected chi connectivity index (χ1v) is 11.4. The molecule has 6 nitrogen and oxygen atoms in total. The monoisotopic (exact) mass is 411 g/mol. The number of hydrogen-bond acceptors (Lipinski definition) is 3. The maximum atomic E-state index is 13.0. The van der Waals surface area contributed by atoms with E-state index in [0.717, 1.165) is 31.1 Å². The minimum atomic E-state index is 0.0147. The summed E-state index contributed by atoms with van der Waals surface area (Å²) in [7, 11) is 0. The number of hydrogen-bond donors (Lipinski definition) is 0. The van der Waals surface area contributed by atoms with Crippen molar-refractivity contribution in [1.29, 1.82) is 0 Å². The van der Waals surface area contributed by atoms with Gasteiger partial charge in [0.05, 0.1) is 6.61 Å². The van der Waals surface area contributed by atoms with Crippen molar-refractivity contribution in [1.82, 2.24) is 14.7 Å². The Labute approximate surface area is 179 Å². The van der Waals surface area contributed by atoms with Crippen LogP contribution in [-0.2, 0) is 0 Å². The Bertz CT molecular complexity index is 765. The number of nitrogens with zero attached hydrogens (tertiary/aromatic N) is 3. The Morgan fingerprint density at radius 3 is 2.47 bits per heavy atom. The fourth-order valence-electron chi connectivity index (χ4n) is 4.65. The number of urea groups is 1. The van der Waals surface area contributed by atoms with E-state index < -0.39 is 0 Å². The fourth-order valence-corrected chi connectivity index (χ4v) is 4.65. The zero-order valence-electron chi connectivity index (χ0n) is 17.8. The number of amides is 3. The third-order valence-electron chi connectivity index (χ3n) is 6.51. The molecule has 0 N–H and O–H groups in total. The average Bonchev–Trinajstić information content (AvgIpc) is 3.34. The molecule has 30 heavy (non-hydrogen) atoms. The van der Waals surface area contributed by atoms with Crippen molar-refractivity contribution < 1.29 is 14.3 Å². The van der Waals surface area contributed by atoms with Gasteiger partial charge in [0.15, 0.2) is 0 Å². The minimum Gasteiger partial charge on any atom is -0.494 e. The van der Waals surface area contributed by atoms with E-state index in [-0.39, 0.29) is 11.9 Å². The third-order valence-corrected chi connectivity index (χ3v) is 6.51. The molecule has 0 atom stereocenters. The summed E-state index contributed by atoms with van der Waals surface area (Å²) in [6.45, 7) is 3.75. The van der Waals surface area contributed by atoms with Crippen LogP contribution in [0.1, 0.15) is 55.3 Å². The molecule has 1 saturated heterocycles. The van der Waals surface area contributed by atoms with Gasteiger partial charge in [0, 0.05) is 44.5 Å². The van der Waals surface area contributed by atoms with Crippen LogP contribution in [0.2, 0.25) is 0 Å². The predicted octanol–water partition coefficient (Wildman–Crippen LogP) is 4.13. The molecule has 0 unspecified atom stereocenters. The average molecular weight is 412 g/mol. The molecule has 0 bridgehead atoms. The van der Waals surface area contributed by atoms with Gasteiger partial charge in [0.2, 0.25) is 0 Å². The molecule has 162 valence electrons. The lowest BCUT2D eigenvalue weighted by atomic mass is 9.87. The minimum absolute atomic E-state index is 0.0147. The quantitative estimate of drug-likeness (QED) is 0.732. The highest BCUT2D eigenvalue weighted by Crippen LogP contribution is 2.26. The Kier molecular flexibility index (Phi) is 6.92. The van der Waals surface area contributed by atoms with Gasteiger partial charge in [-0.2, -0.15) is 0 Å². The van der Waals surface area contributed by atoms with Gasteiger partial charge in [0.25, 0.3) is 5.91 Å². The molecule has 1 aromatic rings. The van der Waals surface area contributed by atoms with Crippen LogP contribution in [0.15, 0.2) is 36.5 Å². The molecule has 2 fully saturated rings. The SMILES string of the molecule is O=C(c1cccc(OCCC2CCCCC2)c1)N1CCN(C(=O)N2C=CCC2)CC1. The molecule has 0 aromatic heterocycles. The molecule has 1 aliphatic carbocycles. The van der Waals surface area contributed by atoms with Crippen molar-refractivity contribution in [3.63, 3.8) is 0 Å². The normalized spacial score (nSPS) is 19.9. The molecular formula is C24H33N3O3. The lowest BCUT2D eigenvalue weighted by Crippen LogP contribution is -2.53. The second-order valence-corrected chi connectivity index (χ2v) is 8.60. The highest BCUT2D eigenvalue weighted by molar-refractivity contribution is 5.94. The second kappa shape index (κ2) is 10.0. The van der Waals surface area contributed by atoms with Crippen LogP contribution in [0.3, 0.4) is 0 Å². The van der Waals surface area contributed by atoms with E-state index in [9.17, 15) is 9.59 Å². The van der Waals surface area contributed by atoms with Gasteiger partial charge in [-0.05, 0) is 37.0 Å². The van der Waals surface area contributed by atoms with Gasteiger partial charge in [0.1, 0.15) is 5.75 Å². The van der Waals surface area contributed by atoms with Gasteiger partial charge in [-0.15, -0.1) is 0 Å². The van der Waals surface area contributed by atoms with Crippen molar-refractivity contribution >= 4 is 11.9 Å². The smallest absolute Gasteiger partial charge is 0.324 e. The Morgan fingerprint density at radius 1 is 0.967 bits per heavy atom. The van der Waals surface area contributed by atoms with Crippen LogP contribution in [0.5, 0.6) is 5.75 Å². The highest BCUT2D eigenvalue weighted by Gasteiger charge is 2.27. The summed E-state index contributed by atoms with van der Waals surface area (Å²) in [5.41, 5.74) is 0.660. The topological polar surface area (TPSA) is 53.1 Å². The number of benzene rings is 1. The summed E-state index contributed by atoms with van der Waals surface area (Å²) in [6, 6.07) is 7.57. The van der Waals surface area contributed by atoms with Crippen molar-refractivity contribution in [3.8, 4) is 5.75 Å². The predicted molar refractivity (Wildman–Crippen MR) is 116 cm³/mol. The first-order valence-electron chi connectivity index (χ1n) is 11.4. The van der Waals surface area contributed by atoms with E-state index in [1.54, 1.807) is 4.90 Å². The molecule has 6 heteroatoms. The summed E-state index contributed by atoms with van der Waals surface area (Å²) in [5, 5.41) is 0. The van der Waals surface area contributed by atoms with Crippen molar-refractivity contribution in [2.75, 3.05) is 39.3 Å². The molecule has 0 radical (unpaired) electrons. The van der Waals surface area contributed by atoms with E-state index >= 15 is 0 Å². The van der Waals surface area contributed by atoms with Gasteiger partial charge in [-0.3, -0.25) is 4.79 Å². The molecule has 4 rings (SSSR count). The first kappa shape index (κ1) is 20.8. The van der Waals surface area contributed by atoms with Crippen LogP contribution in [-0.4, -0.2) is 66.0 Å². The first-order chi connectivity index (χ1) is 14.7. The maximum Gasteiger partial charge on any atom is 0.324 e. The third kappa shape index (κ3) is 5.15. The van der Waals surface area contributed by atoms with Crippen LogP contribution < -0.4 is 4.74 Å². The van der Waals surface area contributed by atoms with Crippen molar-refractivity contribution in [2.45, 2.75) is 44.9 Å². The molecule has 1 aromatic carbocycles. The zero-order valence-corrected chi connectivity index (χ0v) is 17.8. The van der Waals surface area contributed by atoms with Crippen LogP contribution in [0.25, 0.3) is 0 Å². The Balaban J connectivity index is 1.25. The molecule has 2 aliphatic heterocycles. The Hall–Kier alpha value is -2.50. The maximum absolute atomic E-state index is 13.0. The van der Waals surface area contributed by atoms with Crippen LogP contribution in [0, 0.1) is 5.92 Å². The molecular weight excluding hydrogens is 378 g/mol.